The highest BCUT2D eigenvalue weighted by atomic mass is 16.7. The minimum absolute atomic E-state index is 0.0587. The molecular formula is C20H20O7. The summed E-state index contributed by atoms with van der Waals surface area (Å²) >= 11 is 0. The lowest BCUT2D eigenvalue weighted by Crippen LogP contribution is -2.41. The molecule has 27 heavy (non-hydrogen) atoms. The van der Waals surface area contributed by atoms with E-state index in [4.69, 9.17) is 18.9 Å². The molecule has 3 rings (SSSR count). The van der Waals surface area contributed by atoms with Gasteiger partial charge in [0.05, 0.1) is 17.7 Å². The smallest absolute Gasteiger partial charge is 0.338 e. The highest BCUT2D eigenvalue weighted by Gasteiger charge is 2.49. The van der Waals surface area contributed by atoms with Crippen molar-refractivity contribution in [3.8, 4) is 0 Å². The maximum Gasteiger partial charge on any atom is 0.338 e. The Kier molecular flexibility index (Phi) is 6.18. The number of carbonyl (C=O) groups excluding carboxylic acids is 2. The Balaban J connectivity index is 1.77. The number of esters is 2. The summed E-state index contributed by atoms with van der Waals surface area (Å²) in [6.07, 6.45) is -4.40. The summed E-state index contributed by atoms with van der Waals surface area (Å²) in [4.78, 5) is 24.8. The second-order valence-electron chi connectivity index (χ2n) is 5.99. The molecule has 2 aromatic rings. The predicted octanol–water partition coefficient (Wildman–Crippen LogP) is 1.80. The van der Waals surface area contributed by atoms with Crippen LogP contribution in [0.25, 0.3) is 0 Å². The molecule has 0 spiro atoms. The van der Waals surface area contributed by atoms with Crippen molar-refractivity contribution in [2.45, 2.75) is 24.6 Å². The minimum Gasteiger partial charge on any atom is -0.452 e. The normalized spacial score (nSPS) is 24.4. The van der Waals surface area contributed by atoms with Gasteiger partial charge in [0.2, 0.25) is 0 Å². The number of hydrogen-bond donors (Lipinski definition) is 1. The van der Waals surface area contributed by atoms with Gasteiger partial charge in [-0.3, -0.25) is 0 Å². The summed E-state index contributed by atoms with van der Waals surface area (Å²) in [7, 11) is 1.45. The van der Waals surface area contributed by atoms with E-state index in [1.165, 1.54) is 7.11 Å². The van der Waals surface area contributed by atoms with E-state index in [9.17, 15) is 14.7 Å². The molecule has 1 aliphatic heterocycles. The zero-order valence-corrected chi connectivity index (χ0v) is 14.7. The van der Waals surface area contributed by atoms with Gasteiger partial charge < -0.3 is 24.1 Å². The van der Waals surface area contributed by atoms with Crippen molar-refractivity contribution in [3.05, 3.63) is 71.8 Å². The summed E-state index contributed by atoms with van der Waals surface area (Å²) in [5.41, 5.74) is 0.649. The highest BCUT2D eigenvalue weighted by Crippen LogP contribution is 2.27. The third-order valence-electron chi connectivity index (χ3n) is 4.12. The van der Waals surface area contributed by atoms with Crippen molar-refractivity contribution in [3.63, 3.8) is 0 Å². The third kappa shape index (κ3) is 4.51. The summed E-state index contributed by atoms with van der Waals surface area (Å²) < 4.78 is 21.3. The molecule has 7 heteroatoms. The van der Waals surface area contributed by atoms with Crippen LogP contribution in [0.3, 0.4) is 0 Å². The quantitative estimate of drug-likeness (QED) is 0.773. The van der Waals surface area contributed by atoms with Crippen LogP contribution in [0, 0.1) is 0 Å². The number of carbonyl (C=O) groups is 2. The van der Waals surface area contributed by atoms with Gasteiger partial charge in [-0.25, -0.2) is 9.59 Å². The van der Waals surface area contributed by atoms with E-state index in [-0.39, 0.29) is 6.61 Å². The number of methoxy groups -OCH3 is 1. The van der Waals surface area contributed by atoms with E-state index in [2.05, 4.69) is 0 Å². The van der Waals surface area contributed by atoms with Crippen molar-refractivity contribution in [2.75, 3.05) is 13.7 Å². The van der Waals surface area contributed by atoms with E-state index in [0.29, 0.717) is 11.1 Å². The summed E-state index contributed by atoms with van der Waals surface area (Å²) in [6.45, 7) is 0.0587. The van der Waals surface area contributed by atoms with Gasteiger partial charge in [-0.15, -0.1) is 0 Å². The standard InChI is InChI=1S/C20H20O7/c1-24-12-15-16(26-18(21)13-8-4-2-5-9-13)17(20(23)25-15)27-19(22)14-10-6-3-7-11-14/h2-11,15-17,20,23H,12H2,1H3/t15-,16-,17-,20?/m1/s1. The Labute approximate surface area is 156 Å². The van der Waals surface area contributed by atoms with Crippen LogP contribution in [0.5, 0.6) is 0 Å². The Morgan fingerprint density at radius 1 is 0.889 bits per heavy atom. The van der Waals surface area contributed by atoms with Crippen molar-refractivity contribution < 1.29 is 33.6 Å². The van der Waals surface area contributed by atoms with E-state index in [1.807, 2.05) is 0 Å². The second-order valence-corrected chi connectivity index (χ2v) is 5.99. The first kappa shape index (κ1) is 19.0. The molecule has 0 aliphatic carbocycles. The van der Waals surface area contributed by atoms with Crippen molar-refractivity contribution in [2.24, 2.45) is 0 Å². The Morgan fingerprint density at radius 2 is 1.37 bits per heavy atom. The molecule has 1 heterocycles. The molecule has 1 unspecified atom stereocenters. The fraction of sp³-hybridized carbons (Fsp3) is 0.300. The highest BCUT2D eigenvalue weighted by molar-refractivity contribution is 5.90. The first-order valence-corrected chi connectivity index (χ1v) is 8.44. The molecule has 1 fully saturated rings. The molecular weight excluding hydrogens is 352 g/mol. The Morgan fingerprint density at radius 3 is 1.85 bits per heavy atom. The number of benzene rings is 2. The van der Waals surface area contributed by atoms with Crippen LogP contribution in [0.1, 0.15) is 20.7 Å². The molecule has 142 valence electrons. The molecule has 7 nitrogen and oxygen atoms in total. The van der Waals surface area contributed by atoms with Crippen molar-refractivity contribution >= 4 is 11.9 Å². The lowest BCUT2D eigenvalue weighted by atomic mass is 10.1. The van der Waals surface area contributed by atoms with Gasteiger partial charge in [-0.05, 0) is 24.3 Å². The minimum atomic E-state index is -1.44. The summed E-state index contributed by atoms with van der Waals surface area (Å²) in [6, 6.07) is 16.7. The topological polar surface area (TPSA) is 91.3 Å². The van der Waals surface area contributed by atoms with E-state index >= 15 is 0 Å². The van der Waals surface area contributed by atoms with Crippen LogP contribution in [0.4, 0.5) is 0 Å². The van der Waals surface area contributed by atoms with Crippen LogP contribution in [-0.2, 0) is 18.9 Å². The first-order valence-electron chi connectivity index (χ1n) is 8.44. The third-order valence-corrected chi connectivity index (χ3v) is 4.12. The van der Waals surface area contributed by atoms with Crippen molar-refractivity contribution in [1.82, 2.24) is 0 Å². The monoisotopic (exact) mass is 372 g/mol. The molecule has 0 bridgehead atoms. The fourth-order valence-electron chi connectivity index (χ4n) is 2.81. The largest absolute Gasteiger partial charge is 0.452 e. The number of aliphatic hydroxyl groups excluding tert-OH is 1. The summed E-state index contributed by atoms with van der Waals surface area (Å²) in [5, 5.41) is 10.2. The zero-order valence-electron chi connectivity index (χ0n) is 14.7. The van der Waals surface area contributed by atoms with Crippen LogP contribution in [-0.4, -0.2) is 55.4 Å². The van der Waals surface area contributed by atoms with Gasteiger partial charge >= 0.3 is 11.9 Å². The number of rotatable bonds is 6. The lowest BCUT2D eigenvalue weighted by Gasteiger charge is -2.23. The Hall–Kier alpha value is -2.74. The average Bonchev–Trinajstić information content (AvgIpc) is 2.98. The molecule has 0 saturated carbocycles. The predicted molar refractivity (Wildman–Crippen MR) is 94.0 cm³/mol. The Bertz CT molecular complexity index is 762. The van der Waals surface area contributed by atoms with E-state index in [0.717, 1.165) is 0 Å². The maximum absolute atomic E-state index is 12.4. The summed E-state index contributed by atoms with van der Waals surface area (Å²) in [5.74, 6) is -1.26. The number of aliphatic hydroxyl groups is 1. The van der Waals surface area contributed by atoms with Crippen LogP contribution >= 0.6 is 0 Å². The van der Waals surface area contributed by atoms with Gasteiger partial charge in [0.25, 0.3) is 0 Å². The van der Waals surface area contributed by atoms with Gasteiger partial charge in [0, 0.05) is 7.11 Å². The van der Waals surface area contributed by atoms with E-state index < -0.39 is 36.5 Å². The molecule has 0 amide bonds. The van der Waals surface area contributed by atoms with Crippen LogP contribution in [0.2, 0.25) is 0 Å². The molecule has 2 aromatic carbocycles. The number of ether oxygens (including phenoxy) is 4. The van der Waals surface area contributed by atoms with Gasteiger partial charge in [0.1, 0.15) is 6.10 Å². The molecule has 0 aromatic heterocycles. The zero-order chi connectivity index (χ0) is 19.2. The molecule has 1 N–H and O–H groups in total. The van der Waals surface area contributed by atoms with Crippen molar-refractivity contribution in [1.29, 1.82) is 0 Å². The fourth-order valence-corrected chi connectivity index (χ4v) is 2.81. The molecule has 1 saturated heterocycles. The number of hydrogen-bond acceptors (Lipinski definition) is 7. The molecule has 0 radical (unpaired) electrons. The van der Waals surface area contributed by atoms with E-state index in [1.54, 1.807) is 60.7 Å². The SMILES string of the molecule is COC[C@H]1OC(O)[C@H](OC(=O)c2ccccc2)[C@@H]1OC(=O)c1ccccc1. The second kappa shape index (κ2) is 8.77. The van der Waals surface area contributed by atoms with Gasteiger partial charge in [-0.2, -0.15) is 0 Å². The molecule has 1 aliphatic rings. The first-order chi connectivity index (χ1) is 13.1. The van der Waals surface area contributed by atoms with Gasteiger partial charge in [-0.1, -0.05) is 36.4 Å². The molecule has 4 atom stereocenters. The van der Waals surface area contributed by atoms with Crippen LogP contribution in [0.15, 0.2) is 60.7 Å². The lowest BCUT2D eigenvalue weighted by molar-refractivity contribution is -0.137. The van der Waals surface area contributed by atoms with Gasteiger partial charge in [0.15, 0.2) is 18.5 Å². The van der Waals surface area contributed by atoms with Crippen LogP contribution < -0.4 is 0 Å². The maximum atomic E-state index is 12.4. The average molecular weight is 372 g/mol.